The molecule has 0 N–H and O–H groups in total. The number of benzene rings is 2. The fraction of sp³-hybridized carbons (Fsp3) is 0.167. The third-order valence-corrected chi connectivity index (χ3v) is 3.72. The SMILES string of the molecule is C[C@H](OC(=O)c1ccccc1OC(F)F)c1nnc(-c2ccc([N+](=O)[O-])cc2)o1. The normalized spacial score (nSPS) is 11.9. The minimum absolute atomic E-state index is 0.0426. The molecule has 9 nitrogen and oxygen atoms in total. The van der Waals surface area contributed by atoms with E-state index in [2.05, 4.69) is 14.9 Å². The Kier molecular flexibility index (Phi) is 5.77. The minimum atomic E-state index is -3.10. The van der Waals surface area contributed by atoms with Gasteiger partial charge >= 0.3 is 12.6 Å². The second-order valence-electron chi connectivity index (χ2n) is 5.67. The average molecular weight is 405 g/mol. The number of rotatable bonds is 7. The molecule has 11 heteroatoms. The van der Waals surface area contributed by atoms with Crippen LogP contribution in [0.1, 0.15) is 29.3 Å². The molecule has 3 rings (SSSR count). The van der Waals surface area contributed by atoms with Crippen molar-refractivity contribution in [2.24, 2.45) is 0 Å². The number of alkyl halides is 2. The molecule has 3 aromatic rings. The Morgan fingerprint density at radius 1 is 1.14 bits per heavy atom. The van der Waals surface area contributed by atoms with Gasteiger partial charge in [0.2, 0.25) is 5.89 Å². The maximum atomic E-state index is 12.5. The van der Waals surface area contributed by atoms with E-state index >= 15 is 0 Å². The number of nitro benzene ring substituents is 1. The van der Waals surface area contributed by atoms with E-state index in [4.69, 9.17) is 9.15 Å². The fourth-order valence-electron chi connectivity index (χ4n) is 2.35. The summed E-state index contributed by atoms with van der Waals surface area (Å²) in [5, 5.41) is 18.3. The van der Waals surface area contributed by atoms with Gasteiger partial charge in [0.1, 0.15) is 11.3 Å². The molecule has 2 aromatic carbocycles. The zero-order chi connectivity index (χ0) is 21.0. The third-order valence-electron chi connectivity index (χ3n) is 3.72. The van der Waals surface area contributed by atoms with E-state index in [0.29, 0.717) is 5.56 Å². The molecule has 29 heavy (non-hydrogen) atoms. The van der Waals surface area contributed by atoms with Gasteiger partial charge < -0.3 is 13.9 Å². The number of ether oxygens (including phenoxy) is 2. The van der Waals surface area contributed by atoms with Crippen LogP contribution >= 0.6 is 0 Å². The van der Waals surface area contributed by atoms with Crippen LogP contribution in [0.3, 0.4) is 0 Å². The van der Waals surface area contributed by atoms with E-state index in [1.807, 2.05) is 0 Å². The summed E-state index contributed by atoms with van der Waals surface area (Å²) in [5.74, 6) is -1.21. The van der Waals surface area contributed by atoms with Crippen molar-refractivity contribution in [3.63, 3.8) is 0 Å². The van der Waals surface area contributed by atoms with Crippen molar-refractivity contribution >= 4 is 11.7 Å². The van der Waals surface area contributed by atoms with Crippen LogP contribution in [-0.2, 0) is 4.74 Å². The number of non-ortho nitro benzene ring substituents is 1. The van der Waals surface area contributed by atoms with Crippen molar-refractivity contribution in [3.05, 3.63) is 70.1 Å². The molecule has 0 aliphatic carbocycles. The van der Waals surface area contributed by atoms with Crippen LogP contribution in [0.15, 0.2) is 52.9 Å². The van der Waals surface area contributed by atoms with Crippen molar-refractivity contribution in [1.82, 2.24) is 10.2 Å². The first-order chi connectivity index (χ1) is 13.8. The van der Waals surface area contributed by atoms with Gasteiger partial charge in [0.15, 0.2) is 6.10 Å². The maximum Gasteiger partial charge on any atom is 0.387 e. The lowest BCUT2D eigenvalue weighted by molar-refractivity contribution is -0.384. The standard InChI is InChI=1S/C18H13F2N3O6/c1-10(27-17(24)13-4-2-3-5-14(13)28-18(19)20)15-21-22-16(29-15)11-6-8-12(9-7-11)23(25)26/h2-10,18H,1H3/t10-/m0/s1. The van der Waals surface area contributed by atoms with Crippen LogP contribution in [-0.4, -0.2) is 27.7 Å². The molecule has 1 aromatic heterocycles. The molecule has 0 amide bonds. The van der Waals surface area contributed by atoms with Crippen molar-refractivity contribution in [3.8, 4) is 17.2 Å². The monoisotopic (exact) mass is 405 g/mol. The van der Waals surface area contributed by atoms with E-state index < -0.39 is 23.6 Å². The molecule has 0 bridgehead atoms. The van der Waals surface area contributed by atoms with Crippen LogP contribution in [0.25, 0.3) is 11.5 Å². The van der Waals surface area contributed by atoms with E-state index in [0.717, 1.165) is 0 Å². The van der Waals surface area contributed by atoms with Crippen LogP contribution in [0.5, 0.6) is 5.75 Å². The Hall–Kier alpha value is -3.89. The van der Waals surface area contributed by atoms with Gasteiger partial charge in [0, 0.05) is 17.7 Å². The number of nitro groups is 1. The van der Waals surface area contributed by atoms with Gasteiger partial charge in [-0.2, -0.15) is 8.78 Å². The number of para-hydroxylation sites is 1. The summed E-state index contributed by atoms with van der Waals surface area (Å²) < 4.78 is 39.9. The minimum Gasteiger partial charge on any atom is -0.449 e. The van der Waals surface area contributed by atoms with Crippen LogP contribution in [0.4, 0.5) is 14.5 Å². The van der Waals surface area contributed by atoms with E-state index in [-0.39, 0.29) is 28.8 Å². The number of nitrogens with zero attached hydrogens (tertiary/aromatic N) is 3. The molecule has 1 heterocycles. The fourth-order valence-corrected chi connectivity index (χ4v) is 2.35. The Balaban J connectivity index is 1.73. The van der Waals surface area contributed by atoms with Gasteiger partial charge in [0.25, 0.3) is 11.6 Å². The average Bonchev–Trinajstić information content (AvgIpc) is 3.18. The van der Waals surface area contributed by atoms with Gasteiger partial charge in [-0.25, -0.2) is 4.79 Å². The van der Waals surface area contributed by atoms with Gasteiger partial charge in [0.05, 0.1) is 4.92 Å². The maximum absolute atomic E-state index is 12.5. The molecule has 0 saturated carbocycles. The van der Waals surface area contributed by atoms with Gasteiger partial charge in [-0.15, -0.1) is 10.2 Å². The lowest BCUT2D eigenvalue weighted by Crippen LogP contribution is -2.12. The van der Waals surface area contributed by atoms with E-state index in [1.165, 1.54) is 55.5 Å². The highest BCUT2D eigenvalue weighted by Crippen LogP contribution is 2.27. The molecule has 0 fully saturated rings. The zero-order valence-electron chi connectivity index (χ0n) is 14.8. The molecular weight excluding hydrogens is 392 g/mol. The van der Waals surface area contributed by atoms with Crippen LogP contribution in [0.2, 0.25) is 0 Å². The summed E-state index contributed by atoms with van der Waals surface area (Å²) in [4.78, 5) is 22.5. The number of aromatic nitrogens is 2. The quantitative estimate of drug-likeness (QED) is 0.327. The molecule has 150 valence electrons. The summed E-state index contributed by atoms with van der Waals surface area (Å²) in [6, 6.07) is 10.8. The molecule has 0 radical (unpaired) electrons. The van der Waals surface area contributed by atoms with Crippen LogP contribution in [0, 0.1) is 10.1 Å². The highest BCUT2D eigenvalue weighted by atomic mass is 19.3. The van der Waals surface area contributed by atoms with Crippen molar-refractivity contribution in [2.45, 2.75) is 19.6 Å². The van der Waals surface area contributed by atoms with Gasteiger partial charge in [-0.05, 0) is 31.2 Å². The lowest BCUT2D eigenvalue weighted by atomic mass is 10.2. The second kappa shape index (κ2) is 8.42. The molecular formula is C18H13F2N3O6. The lowest BCUT2D eigenvalue weighted by Gasteiger charge is -2.12. The number of esters is 1. The summed E-state index contributed by atoms with van der Waals surface area (Å²) in [5.41, 5.74) is 0.152. The molecule has 0 saturated heterocycles. The second-order valence-corrected chi connectivity index (χ2v) is 5.67. The smallest absolute Gasteiger partial charge is 0.387 e. The summed E-state index contributed by atoms with van der Waals surface area (Å²) in [6.45, 7) is -1.64. The van der Waals surface area contributed by atoms with Crippen molar-refractivity contribution in [2.75, 3.05) is 0 Å². The zero-order valence-corrected chi connectivity index (χ0v) is 14.8. The van der Waals surface area contributed by atoms with Crippen LogP contribution < -0.4 is 4.74 Å². The first-order valence-electron chi connectivity index (χ1n) is 8.18. The predicted octanol–water partition coefficient (Wildman–Crippen LogP) is 4.16. The largest absolute Gasteiger partial charge is 0.449 e. The highest BCUT2D eigenvalue weighted by Gasteiger charge is 2.23. The Bertz CT molecular complexity index is 1020. The first kappa shape index (κ1) is 19.9. The van der Waals surface area contributed by atoms with E-state index in [9.17, 15) is 23.7 Å². The molecule has 0 aliphatic rings. The Morgan fingerprint density at radius 2 is 1.83 bits per heavy atom. The van der Waals surface area contributed by atoms with E-state index in [1.54, 1.807) is 0 Å². The molecule has 0 aliphatic heterocycles. The number of hydrogen-bond acceptors (Lipinski definition) is 8. The summed E-state index contributed by atoms with van der Waals surface area (Å²) in [6.07, 6.45) is -0.985. The molecule has 0 unspecified atom stereocenters. The topological polar surface area (TPSA) is 118 Å². The first-order valence-corrected chi connectivity index (χ1v) is 8.18. The summed E-state index contributed by atoms with van der Waals surface area (Å²) in [7, 11) is 0. The van der Waals surface area contributed by atoms with Crippen molar-refractivity contribution in [1.29, 1.82) is 0 Å². The van der Waals surface area contributed by atoms with Gasteiger partial charge in [-0.1, -0.05) is 12.1 Å². The number of hydrogen-bond donors (Lipinski definition) is 0. The number of halogens is 2. The Labute approximate surface area is 162 Å². The summed E-state index contributed by atoms with van der Waals surface area (Å²) >= 11 is 0. The predicted molar refractivity (Wildman–Crippen MR) is 93.3 cm³/mol. The number of carbonyl (C=O) groups is 1. The van der Waals surface area contributed by atoms with Gasteiger partial charge in [-0.3, -0.25) is 10.1 Å². The highest BCUT2D eigenvalue weighted by molar-refractivity contribution is 5.92. The third kappa shape index (κ3) is 4.69. The number of carbonyl (C=O) groups excluding carboxylic acids is 1. The Morgan fingerprint density at radius 3 is 2.48 bits per heavy atom. The molecule has 0 spiro atoms. The molecule has 1 atom stereocenters. The van der Waals surface area contributed by atoms with Crippen molar-refractivity contribution < 1.29 is 32.4 Å².